The highest BCUT2D eigenvalue weighted by molar-refractivity contribution is 5.84. The van der Waals surface area contributed by atoms with Gasteiger partial charge in [-0.15, -0.1) is 0 Å². The molecule has 0 saturated carbocycles. The molecule has 0 fully saturated rings. The Morgan fingerprint density at radius 1 is 1.00 bits per heavy atom. The molecule has 1 N–H and O–H groups in total. The molecular formula is C29H34N2O3. The largest absolute Gasteiger partial charge is 0.479 e. The first-order valence-electron chi connectivity index (χ1n) is 11.8. The summed E-state index contributed by atoms with van der Waals surface area (Å²) in [5.74, 6) is -0.961. The van der Waals surface area contributed by atoms with Gasteiger partial charge in [-0.3, -0.25) is 9.88 Å². The number of carboxylic acid groups (broad SMARTS) is 1. The number of pyridine rings is 1. The molecule has 0 amide bonds. The van der Waals surface area contributed by atoms with Crippen LogP contribution in [-0.4, -0.2) is 26.6 Å². The molecule has 4 rings (SSSR count). The average molecular weight is 459 g/mol. The molecule has 178 valence electrons. The van der Waals surface area contributed by atoms with E-state index in [0.29, 0.717) is 0 Å². The standard InChI is InChI=1S/C29H34N2O3/c1-18-7-9-22(10-8-18)25-19(2)23-16-31(15-21-11-13-30-14-12-21)17-24(23)20(3)26(25)27(28(32)33)34-29(4,5)6/h7-14,27H,15-17H2,1-6H3,(H,32,33)/t27-/m0/s1. The van der Waals surface area contributed by atoms with Gasteiger partial charge in [-0.2, -0.15) is 0 Å². The average Bonchev–Trinajstić information content (AvgIpc) is 3.20. The van der Waals surface area contributed by atoms with Crippen molar-refractivity contribution in [3.63, 3.8) is 0 Å². The van der Waals surface area contributed by atoms with Gasteiger partial charge in [0.1, 0.15) is 0 Å². The SMILES string of the molecule is Cc1ccc(-c2c(C)c3c(c(C)c2[C@H](OC(C)(C)C)C(=O)O)CN(Cc2ccncc2)C3)cc1. The lowest BCUT2D eigenvalue weighted by Gasteiger charge is -2.30. The summed E-state index contributed by atoms with van der Waals surface area (Å²) in [6.45, 7) is 14.4. The number of hydrogen-bond donors (Lipinski definition) is 1. The fraction of sp³-hybridized carbons (Fsp3) is 0.379. The van der Waals surface area contributed by atoms with Gasteiger partial charge < -0.3 is 9.84 Å². The van der Waals surface area contributed by atoms with Gasteiger partial charge in [-0.25, -0.2) is 4.79 Å². The van der Waals surface area contributed by atoms with Crippen LogP contribution in [0.2, 0.25) is 0 Å². The van der Waals surface area contributed by atoms with Crippen molar-refractivity contribution in [2.75, 3.05) is 0 Å². The molecular weight excluding hydrogens is 424 g/mol. The fourth-order valence-corrected chi connectivity index (χ4v) is 4.95. The van der Waals surface area contributed by atoms with Crippen LogP contribution in [0.1, 0.15) is 65.8 Å². The minimum absolute atomic E-state index is 0.597. The van der Waals surface area contributed by atoms with E-state index >= 15 is 0 Å². The zero-order valence-corrected chi connectivity index (χ0v) is 21.0. The van der Waals surface area contributed by atoms with Gasteiger partial charge in [0.05, 0.1) is 5.60 Å². The lowest BCUT2D eigenvalue weighted by atomic mass is 9.83. The lowest BCUT2D eigenvalue weighted by Crippen LogP contribution is -2.28. The van der Waals surface area contributed by atoms with E-state index in [4.69, 9.17) is 4.74 Å². The van der Waals surface area contributed by atoms with Gasteiger partial charge in [0.2, 0.25) is 0 Å². The van der Waals surface area contributed by atoms with E-state index in [-0.39, 0.29) is 0 Å². The molecule has 34 heavy (non-hydrogen) atoms. The summed E-state index contributed by atoms with van der Waals surface area (Å²) in [5, 5.41) is 10.3. The van der Waals surface area contributed by atoms with Crippen molar-refractivity contribution in [3.05, 3.63) is 87.7 Å². The number of ether oxygens (including phenoxy) is 1. The Morgan fingerprint density at radius 2 is 1.59 bits per heavy atom. The first kappa shape index (κ1) is 24.1. The highest BCUT2D eigenvalue weighted by Crippen LogP contribution is 2.43. The molecule has 5 heteroatoms. The van der Waals surface area contributed by atoms with Gasteiger partial charge in [-0.1, -0.05) is 29.8 Å². The van der Waals surface area contributed by atoms with Crippen LogP contribution in [0.5, 0.6) is 0 Å². The molecule has 2 aromatic carbocycles. The van der Waals surface area contributed by atoms with Crippen molar-refractivity contribution in [2.45, 2.75) is 72.9 Å². The van der Waals surface area contributed by atoms with E-state index < -0.39 is 17.7 Å². The van der Waals surface area contributed by atoms with Crippen LogP contribution < -0.4 is 0 Å². The number of aryl methyl sites for hydroxylation is 1. The summed E-state index contributed by atoms with van der Waals surface area (Å²) in [4.78, 5) is 19.1. The van der Waals surface area contributed by atoms with E-state index in [1.165, 1.54) is 22.3 Å². The maximum Gasteiger partial charge on any atom is 0.337 e. The predicted octanol–water partition coefficient (Wildman–Crippen LogP) is 6.13. The zero-order valence-electron chi connectivity index (χ0n) is 21.0. The third-order valence-electron chi connectivity index (χ3n) is 6.54. The van der Waals surface area contributed by atoms with Crippen molar-refractivity contribution in [3.8, 4) is 11.1 Å². The number of carboxylic acids is 1. The molecule has 1 aromatic heterocycles. The van der Waals surface area contributed by atoms with Crippen LogP contribution in [0.4, 0.5) is 0 Å². The van der Waals surface area contributed by atoms with Gasteiger partial charge in [0.25, 0.3) is 0 Å². The van der Waals surface area contributed by atoms with Crippen LogP contribution in [0.15, 0.2) is 48.8 Å². The van der Waals surface area contributed by atoms with Gasteiger partial charge in [0, 0.05) is 37.6 Å². The van der Waals surface area contributed by atoms with Crippen LogP contribution in [-0.2, 0) is 29.2 Å². The summed E-state index contributed by atoms with van der Waals surface area (Å²) in [6.07, 6.45) is 2.60. The van der Waals surface area contributed by atoms with E-state index in [1.54, 1.807) is 0 Å². The number of carbonyl (C=O) groups is 1. The van der Waals surface area contributed by atoms with Gasteiger partial charge in [0.15, 0.2) is 6.10 Å². The fourth-order valence-electron chi connectivity index (χ4n) is 4.95. The molecule has 0 bridgehead atoms. The summed E-state index contributed by atoms with van der Waals surface area (Å²) in [5.41, 5.74) is 9.26. The number of rotatable bonds is 6. The van der Waals surface area contributed by atoms with Crippen molar-refractivity contribution < 1.29 is 14.6 Å². The van der Waals surface area contributed by atoms with Crippen LogP contribution >= 0.6 is 0 Å². The molecule has 0 saturated heterocycles. The molecule has 0 unspecified atom stereocenters. The number of aliphatic carboxylic acids is 1. The van der Waals surface area contributed by atoms with Crippen molar-refractivity contribution in [2.24, 2.45) is 0 Å². The van der Waals surface area contributed by atoms with E-state index in [9.17, 15) is 9.90 Å². The van der Waals surface area contributed by atoms with Crippen LogP contribution in [0, 0.1) is 20.8 Å². The van der Waals surface area contributed by atoms with Crippen molar-refractivity contribution >= 4 is 5.97 Å². The van der Waals surface area contributed by atoms with Gasteiger partial charge in [-0.05, 0) is 92.6 Å². The Hall–Kier alpha value is -3.02. The maximum absolute atomic E-state index is 12.5. The van der Waals surface area contributed by atoms with Crippen molar-refractivity contribution in [1.82, 2.24) is 9.88 Å². The minimum atomic E-state index is -1.05. The van der Waals surface area contributed by atoms with Crippen LogP contribution in [0.3, 0.4) is 0 Å². The smallest absolute Gasteiger partial charge is 0.337 e. The molecule has 3 aromatic rings. The predicted molar refractivity (Wildman–Crippen MR) is 134 cm³/mol. The quantitative estimate of drug-likeness (QED) is 0.481. The Morgan fingerprint density at radius 3 is 2.15 bits per heavy atom. The Balaban J connectivity index is 1.87. The van der Waals surface area contributed by atoms with E-state index in [0.717, 1.165) is 47.5 Å². The molecule has 1 aliphatic rings. The topological polar surface area (TPSA) is 62.7 Å². The van der Waals surface area contributed by atoms with Gasteiger partial charge >= 0.3 is 5.97 Å². The van der Waals surface area contributed by atoms with E-state index in [1.807, 2.05) is 45.3 Å². The highest BCUT2D eigenvalue weighted by atomic mass is 16.5. The summed E-state index contributed by atoms with van der Waals surface area (Å²) in [6, 6.07) is 12.4. The number of nitrogens with zero attached hydrogens (tertiary/aromatic N) is 2. The second-order valence-electron chi connectivity index (χ2n) is 10.3. The number of aromatic nitrogens is 1. The third kappa shape index (κ3) is 4.91. The monoisotopic (exact) mass is 458 g/mol. The summed E-state index contributed by atoms with van der Waals surface area (Å²) >= 11 is 0. The summed E-state index contributed by atoms with van der Waals surface area (Å²) < 4.78 is 6.17. The molecule has 5 nitrogen and oxygen atoms in total. The van der Waals surface area contributed by atoms with E-state index in [2.05, 4.69) is 54.9 Å². The minimum Gasteiger partial charge on any atom is -0.479 e. The molecule has 1 aliphatic heterocycles. The molecule has 0 radical (unpaired) electrons. The summed E-state index contributed by atoms with van der Waals surface area (Å²) in [7, 11) is 0. The normalized spacial score (nSPS) is 14.8. The second-order valence-corrected chi connectivity index (χ2v) is 10.3. The molecule has 0 spiro atoms. The zero-order chi connectivity index (χ0) is 24.6. The first-order chi connectivity index (χ1) is 16.0. The second kappa shape index (κ2) is 9.32. The number of fused-ring (bicyclic) bond motifs is 1. The first-order valence-corrected chi connectivity index (χ1v) is 11.8. The lowest BCUT2D eigenvalue weighted by molar-refractivity contribution is -0.160. The molecule has 1 atom stereocenters. The highest BCUT2D eigenvalue weighted by Gasteiger charge is 2.35. The Labute approximate surface area is 202 Å². The van der Waals surface area contributed by atoms with Crippen molar-refractivity contribution in [1.29, 1.82) is 0 Å². The third-order valence-corrected chi connectivity index (χ3v) is 6.54. The molecule has 0 aliphatic carbocycles. The maximum atomic E-state index is 12.5. The van der Waals surface area contributed by atoms with Crippen LogP contribution in [0.25, 0.3) is 11.1 Å². The Kier molecular flexibility index (Phi) is 6.61. The molecule has 2 heterocycles. The number of benzene rings is 2. The number of hydrogen-bond acceptors (Lipinski definition) is 4. The Bertz CT molecular complexity index is 1200.